The number of morpholine rings is 1. The smallest absolute Gasteiger partial charge is 0.248 e. The summed E-state index contributed by atoms with van der Waals surface area (Å²) in [6.07, 6.45) is 6.13. The van der Waals surface area contributed by atoms with E-state index in [0.29, 0.717) is 12.4 Å². The van der Waals surface area contributed by atoms with Gasteiger partial charge in [-0.3, -0.25) is 14.5 Å². The second-order valence-electron chi connectivity index (χ2n) is 10.5. The molecule has 0 spiro atoms. The number of carbonyl (C=O) groups excluding carboxylic acids is 2. The van der Waals surface area contributed by atoms with E-state index in [4.69, 9.17) is 9.47 Å². The number of methoxy groups -OCH3 is 1. The Morgan fingerprint density at radius 1 is 1.15 bits per heavy atom. The predicted octanol–water partition coefficient (Wildman–Crippen LogP) is 3.15. The van der Waals surface area contributed by atoms with Gasteiger partial charge in [0.1, 0.15) is 18.3 Å². The molecule has 3 heterocycles. The number of aromatic nitrogens is 4. The first-order valence-corrected chi connectivity index (χ1v) is 15.3. The number of tetrazole rings is 1. The molecule has 3 aromatic rings. The van der Waals surface area contributed by atoms with Gasteiger partial charge in [0.15, 0.2) is 0 Å². The van der Waals surface area contributed by atoms with E-state index in [1.165, 1.54) is 22.6 Å². The highest BCUT2D eigenvalue weighted by Gasteiger charge is 2.34. The molecule has 1 aliphatic carbocycles. The summed E-state index contributed by atoms with van der Waals surface area (Å²) in [5.74, 6) is 0.812. The zero-order valence-corrected chi connectivity index (χ0v) is 24.4. The van der Waals surface area contributed by atoms with Crippen molar-refractivity contribution in [3.05, 3.63) is 46.7 Å². The van der Waals surface area contributed by atoms with Crippen molar-refractivity contribution >= 4 is 23.2 Å². The second kappa shape index (κ2) is 14.5. The summed E-state index contributed by atoms with van der Waals surface area (Å²) in [7, 11) is 1.61. The Morgan fingerprint density at radius 3 is 2.63 bits per heavy atom. The minimum absolute atomic E-state index is 0.112. The molecule has 1 saturated carbocycles. The zero-order chi connectivity index (χ0) is 28.4. The molecule has 1 aliphatic heterocycles. The van der Waals surface area contributed by atoms with Crippen molar-refractivity contribution in [2.24, 2.45) is 0 Å². The minimum atomic E-state index is -0.710. The summed E-state index contributed by atoms with van der Waals surface area (Å²) >= 11 is 1.50. The predicted molar refractivity (Wildman–Crippen MR) is 155 cm³/mol. The average molecular weight is 582 g/mol. The van der Waals surface area contributed by atoms with Crippen LogP contribution in [-0.2, 0) is 20.9 Å². The van der Waals surface area contributed by atoms with Gasteiger partial charge in [0.25, 0.3) is 0 Å². The topological polar surface area (TPSA) is 115 Å². The summed E-state index contributed by atoms with van der Waals surface area (Å²) in [5, 5.41) is 18.0. The van der Waals surface area contributed by atoms with Crippen LogP contribution >= 0.6 is 11.3 Å². The van der Waals surface area contributed by atoms with Crippen LogP contribution in [0.3, 0.4) is 0 Å². The van der Waals surface area contributed by atoms with Crippen molar-refractivity contribution in [1.82, 2.24) is 35.3 Å². The standard InChI is InChI=1S/C29H39N7O4S/c1-39-24-12-10-22(11-13-24)28-31-33-36(32-28)21-26(37)35(15-6-14-34-16-18-40-19-17-34)27(25-9-5-20-41-25)29(38)30-23-7-3-2-4-8-23/h5,9-13,20,23,27H,2-4,6-8,14-19,21H2,1H3,(H,30,38)/t27-/m0/s1. The lowest BCUT2D eigenvalue weighted by Crippen LogP contribution is -2.48. The molecule has 41 heavy (non-hydrogen) atoms. The van der Waals surface area contributed by atoms with E-state index in [-0.39, 0.29) is 24.4 Å². The van der Waals surface area contributed by atoms with E-state index in [2.05, 4.69) is 25.6 Å². The number of amides is 2. The van der Waals surface area contributed by atoms with Crippen LogP contribution in [0.5, 0.6) is 5.75 Å². The molecule has 0 radical (unpaired) electrons. The molecule has 2 aromatic heterocycles. The fraction of sp³-hybridized carbons (Fsp3) is 0.552. The van der Waals surface area contributed by atoms with Gasteiger partial charge in [0.05, 0.1) is 20.3 Å². The molecule has 0 unspecified atom stereocenters. The van der Waals surface area contributed by atoms with Crippen LogP contribution in [0, 0.1) is 0 Å². The largest absolute Gasteiger partial charge is 0.497 e. The Morgan fingerprint density at radius 2 is 1.93 bits per heavy atom. The van der Waals surface area contributed by atoms with Gasteiger partial charge in [-0.15, -0.1) is 21.5 Å². The minimum Gasteiger partial charge on any atom is -0.497 e. The van der Waals surface area contributed by atoms with Crippen LogP contribution in [0.4, 0.5) is 0 Å². The average Bonchev–Trinajstić information content (AvgIpc) is 3.71. The van der Waals surface area contributed by atoms with Crippen LogP contribution in [0.2, 0.25) is 0 Å². The van der Waals surface area contributed by atoms with Crippen molar-refractivity contribution in [1.29, 1.82) is 0 Å². The molecule has 2 amide bonds. The lowest BCUT2D eigenvalue weighted by atomic mass is 9.95. The van der Waals surface area contributed by atoms with E-state index in [9.17, 15) is 9.59 Å². The third-order valence-electron chi connectivity index (χ3n) is 7.70. The third kappa shape index (κ3) is 7.90. The fourth-order valence-electron chi connectivity index (χ4n) is 5.46. The van der Waals surface area contributed by atoms with Crippen LogP contribution < -0.4 is 10.1 Å². The lowest BCUT2D eigenvalue weighted by molar-refractivity contribution is -0.142. The van der Waals surface area contributed by atoms with Gasteiger partial charge in [0, 0.05) is 42.7 Å². The third-order valence-corrected chi connectivity index (χ3v) is 8.62. The first-order chi connectivity index (χ1) is 20.1. The number of hydrogen-bond donors (Lipinski definition) is 1. The van der Waals surface area contributed by atoms with Crippen molar-refractivity contribution < 1.29 is 19.1 Å². The molecular formula is C29H39N7O4S. The highest BCUT2D eigenvalue weighted by Crippen LogP contribution is 2.28. The molecule has 1 N–H and O–H groups in total. The number of benzene rings is 1. The van der Waals surface area contributed by atoms with Crippen molar-refractivity contribution in [3.8, 4) is 17.1 Å². The van der Waals surface area contributed by atoms with Gasteiger partial charge in [-0.2, -0.15) is 4.80 Å². The van der Waals surface area contributed by atoms with Crippen molar-refractivity contribution in [2.45, 2.75) is 57.2 Å². The van der Waals surface area contributed by atoms with Gasteiger partial charge < -0.3 is 19.7 Å². The van der Waals surface area contributed by atoms with E-state index < -0.39 is 6.04 Å². The second-order valence-corrected chi connectivity index (χ2v) is 11.5. The highest BCUT2D eigenvalue weighted by molar-refractivity contribution is 7.10. The van der Waals surface area contributed by atoms with Crippen LogP contribution in [0.1, 0.15) is 49.4 Å². The van der Waals surface area contributed by atoms with Gasteiger partial charge in [-0.1, -0.05) is 25.3 Å². The van der Waals surface area contributed by atoms with Gasteiger partial charge in [0.2, 0.25) is 17.6 Å². The molecule has 11 nitrogen and oxygen atoms in total. The fourth-order valence-corrected chi connectivity index (χ4v) is 6.30. The van der Waals surface area contributed by atoms with E-state index in [0.717, 1.165) is 81.1 Å². The molecule has 2 fully saturated rings. The van der Waals surface area contributed by atoms with Gasteiger partial charge >= 0.3 is 0 Å². The number of nitrogens with zero attached hydrogens (tertiary/aromatic N) is 6. The molecule has 2 aliphatic rings. The summed E-state index contributed by atoms with van der Waals surface area (Å²) in [6.45, 7) is 4.36. The molecular weight excluding hydrogens is 542 g/mol. The molecule has 1 aromatic carbocycles. The van der Waals surface area contributed by atoms with E-state index >= 15 is 0 Å². The maximum Gasteiger partial charge on any atom is 0.248 e. The molecule has 0 bridgehead atoms. The monoisotopic (exact) mass is 581 g/mol. The summed E-state index contributed by atoms with van der Waals surface area (Å²) < 4.78 is 10.7. The number of rotatable bonds is 12. The summed E-state index contributed by atoms with van der Waals surface area (Å²) in [5.41, 5.74) is 0.773. The Kier molecular flexibility index (Phi) is 10.3. The van der Waals surface area contributed by atoms with Gasteiger partial charge in [-0.05, 0) is 60.2 Å². The SMILES string of the molecule is COc1ccc(-c2nnn(CC(=O)N(CCCN3CCOCC3)[C@H](C(=O)NC3CCCCC3)c3cccs3)n2)cc1. The Balaban J connectivity index is 1.34. The van der Waals surface area contributed by atoms with E-state index in [1.807, 2.05) is 41.8 Å². The molecule has 1 saturated heterocycles. The maximum atomic E-state index is 13.9. The number of ether oxygens (including phenoxy) is 2. The number of thiophene rings is 1. The van der Waals surface area contributed by atoms with Crippen LogP contribution in [-0.4, -0.2) is 94.4 Å². The van der Waals surface area contributed by atoms with Crippen molar-refractivity contribution in [2.75, 3.05) is 46.5 Å². The Hall–Kier alpha value is -3.35. The lowest BCUT2D eigenvalue weighted by Gasteiger charge is -2.33. The number of nitrogens with one attached hydrogen (secondary N) is 1. The highest BCUT2D eigenvalue weighted by atomic mass is 32.1. The molecule has 1 atom stereocenters. The van der Waals surface area contributed by atoms with Crippen molar-refractivity contribution in [3.63, 3.8) is 0 Å². The normalized spacial score (nSPS) is 17.2. The molecule has 12 heteroatoms. The Bertz CT molecular complexity index is 1240. The zero-order valence-electron chi connectivity index (χ0n) is 23.6. The molecule has 220 valence electrons. The quantitative estimate of drug-likeness (QED) is 0.347. The van der Waals surface area contributed by atoms with Gasteiger partial charge in [-0.25, -0.2) is 0 Å². The Labute approximate surface area is 244 Å². The summed E-state index contributed by atoms with van der Waals surface area (Å²) in [4.78, 5) is 34.0. The number of carbonyl (C=O) groups is 2. The maximum absolute atomic E-state index is 13.9. The summed E-state index contributed by atoms with van der Waals surface area (Å²) in [6, 6.07) is 10.7. The first-order valence-electron chi connectivity index (χ1n) is 14.5. The van der Waals surface area contributed by atoms with Crippen LogP contribution in [0.25, 0.3) is 11.4 Å². The van der Waals surface area contributed by atoms with E-state index in [1.54, 1.807) is 12.0 Å². The number of hydrogen-bond acceptors (Lipinski definition) is 9. The van der Waals surface area contributed by atoms with Crippen LogP contribution in [0.15, 0.2) is 41.8 Å². The molecule has 5 rings (SSSR count). The first kappa shape index (κ1) is 29.2.